The molecule has 15 heavy (non-hydrogen) atoms. The molecule has 0 atom stereocenters. The molecule has 0 amide bonds. The van der Waals surface area contributed by atoms with E-state index in [0.29, 0.717) is 4.88 Å². The molecule has 0 saturated carbocycles. The molecule has 0 aliphatic carbocycles. The molecule has 0 N–H and O–H groups in total. The van der Waals surface area contributed by atoms with Gasteiger partial charge in [0.1, 0.15) is 5.69 Å². The van der Waals surface area contributed by atoms with Crippen molar-refractivity contribution in [2.24, 2.45) is 4.99 Å². The molecule has 1 aromatic rings. The number of halogens is 2. The number of methoxy groups -OCH3 is 1. The molecule has 0 aliphatic heterocycles. The lowest BCUT2D eigenvalue weighted by Gasteiger charge is -1.96. The molecule has 80 valence electrons. The van der Waals surface area contributed by atoms with Crippen molar-refractivity contribution in [1.29, 1.82) is 0 Å². The third kappa shape index (κ3) is 2.82. The van der Waals surface area contributed by atoms with E-state index in [4.69, 9.17) is 11.6 Å². The smallest absolute Gasteiger partial charge is 0.310 e. The second-order valence-electron chi connectivity index (χ2n) is 2.42. The van der Waals surface area contributed by atoms with Crippen molar-refractivity contribution in [3.63, 3.8) is 0 Å². The zero-order valence-corrected chi connectivity index (χ0v) is 9.93. The Bertz CT molecular complexity index is 440. The average molecular weight is 266 g/mol. The van der Waals surface area contributed by atoms with Crippen LogP contribution in [0.4, 0.5) is 10.1 Å². The van der Waals surface area contributed by atoms with Crippen molar-refractivity contribution in [1.82, 2.24) is 0 Å². The van der Waals surface area contributed by atoms with Gasteiger partial charge in [-0.3, -0.25) is 4.79 Å². The summed E-state index contributed by atoms with van der Waals surface area (Å²) in [6.07, 6.45) is -0.0795. The van der Waals surface area contributed by atoms with E-state index >= 15 is 0 Å². The van der Waals surface area contributed by atoms with Crippen molar-refractivity contribution in [3.05, 3.63) is 15.0 Å². The van der Waals surface area contributed by atoms with Crippen LogP contribution in [0.2, 0.25) is 5.02 Å². The molecule has 1 rings (SSSR count). The highest BCUT2D eigenvalue weighted by molar-refractivity contribution is 7.78. The average Bonchev–Trinajstić information content (AvgIpc) is 2.46. The maximum absolute atomic E-state index is 13.2. The summed E-state index contributed by atoms with van der Waals surface area (Å²) in [4.78, 5) is 14.8. The summed E-state index contributed by atoms with van der Waals surface area (Å²) < 4.78 is 17.7. The number of ether oxygens (including phenoxy) is 1. The van der Waals surface area contributed by atoms with Gasteiger partial charge in [0, 0.05) is 4.88 Å². The van der Waals surface area contributed by atoms with Crippen molar-refractivity contribution < 1.29 is 13.9 Å². The van der Waals surface area contributed by atoms with Gasteiger partial charge in [-0.1, -0.05) is 11.6 Å². The van der Waals surface area contributed by atoms with Gasteiger partial charge >= 0.3 is 5.97 Å². The summed E-state index contributed by atoms with van der Waals surface area (Å²) in [5.41, 5.74) is -0.0735. The molecule has 3 nitrogen and oxygen atoms in total. The Balaban J connectivity index is 3.06. The number of nitrogens with zero attached hydrogens (tertiary/aromatic N) is 1. The van der Waals surface area contributed by atoms with Gasteiger partial charge in [-0.15, -0.1) is 11.3 Å². The van der Waals surface area contributed by atoms with Crippen LogP contribution in [-0.4, -0.2) is 18.2 Å². The van der Waals surface area contributed by atoms with Crippen LogP contribution in [0.25, 0.3) is 0 Å². The van der Waals surface area contributed by atoms with Crippen LogP contribution in [0.5, 0.6) is 0 Å². The van der Waals surface area contributed by atoms with Gasteiger partial charge in [-0.2, -0.15) is 9.38 Å². The van der Waals surface area contributed by atoms with Gasteiger partial charge in [0.2, 0.25) is 5.13 Å². The predicted molar refractivity (Wildman–Crippen MR) is 59.7 cm³/mol. The molecule has 1 heterocycles. The van der Waals surface area contributed by atoms with Crippen molar-refractivity contribution in [2.45, 2.75) is 6.42 Å². The molecule has 1 aromatic heterocycles. The fourth-order valence-electron chi connectivity index (χ4n) is 0.875. The van der Waals surface area contributed by atoms with E-state index in [1.165, 1.54) is 7.11 Å². The van der Waals surface area contributed by atoms with Crippen LogP contribution >= 0.6 is 35.2 Å². The second-order valence-corrected chi connectivity index (χ2v) is 4.03. The number of isothiocyanates is 1. The summed E-state index contributed by atoms with van der Waals surface area (Å²) in [6.45, 7) is 0. The highest BCUT2D eigenvalue weighted by atomic mass is 35.5. The Kier molecular flexibility index (Phi) is 4.35. The number of carbonyl (C=O) groups is 1. The number of esters is 1. The fourth-order valence-corrected chi connectivity index (χ4v) is 2.17. The first-order chi connectivity index (χ1) is 7.10. The Morgan fingerprint density at radius 2 is 2.47 bits per heavy atom. The number of aliphatic imine (C=N–C) groups is 1. The van der Waals surface area contributed by atoms with Gasteiger partial charge in [-0.25, -0.2) is 0 Å². The molecule has 0 fully saturated rings. The first-order valence-corrected chi connectivity index (χ1v) is 5.31. The van der Waals surface area contributed by atoms with Gasteiger partial charge < -0.3 is 4.74 Å². The molecule has 0 unspecified atom stereocenters. The van der Waals surface area contributed by atoms with E-state index in [9.17, 15) is 9.18 Å². The lowest BCUT2D eigenvalue weighted by molar-refractivity contribution is -0.139. The quantitative estimate of drug-likeness (QED) is 0.479. The molecule has 0 aliphatic rings. The Morgan fingerprint density at radius 1 is 1.80 bits per heavy atom. The normalized spacial score (nSPS) is 9.53. The van der Waals surface area contributed by atoms with Crippen LogP contribution in [0, 0.1) is 5.13 Å². The fraction of sp³-hybridized carbons (Fsp3) is 0.250. The summed E-state index contributed by atoms with van der Waals surface area (Å²) in [5, 5.41) is 1.52. The molecular formula is C8H5ClFNO2S2. The first-order valence-electron chi connectivity index (χ1n) is 3.71. The maximum Gasteiger partial charge on any atom is 0.310 e. The molecule has 0 radical (unpaired) electrons. The van der Waals surface area contributed by atoms with Crippen molar-refractivity contribution in [2.75, 3.05) is 7.11 Å². The third-order valence-electron chi connectivity index (χ3n) is 1.54. The molecule has 0 aromatic carbocycles. The predicted octanol–water partition coefficient (Wildman–Crippen LogP) is 2.99. The van der Waals surface area contributed by atoms with Crippen molar-refractivity contribution >= 4 is 52.0 Å². The van der Waals surface area contributed by atoms with E-state index in [1.54, 1.807) is 0 Å². The van der Waals surface area contributed by atoms with Crippen LogP contribution in [0.15, 0.2) is 4.99 Å². The number of thiophene rings is 1. The zero-order valence-electron chi connectivity index (χ0n) is 7.54. The zero-order chi connectivity index (χ0) is 11.4. The highest BCUT2D eigenvalue weighted by Crippen LogP contribution is 2.38. The van der Waals surface area contributed by atoms with Crippen LogP contribution in [0.3, 0.4) is 0 Å². The number of hydrogen-bond acceptors (Lipinski definition) is 5. The molecule has 7 heteroatoms. The Hall–Kier alpha value is -0.810. The van der Waals surface area contributed by atoms with Crippen LogP contribution in [0.1, 0.15) is 4.88 Å². The molecule has 0 bridgehead atoms. The number of carbonyl (C=O) groups excluding carboxylic acids is 1. The minimum atomic E-state index is -0.587. The number of hydrogen-bond donors (Lipinski definition) is 0. The SMILES string of the molecule is COC(=O)Cc1sc(F)c(N=C=S)c1Cl. The standard InChI is InChI=1S/C8H5ClFNO2S2/c1-13-5(12)2-4-6(9)7(11-3-14)8(10)15-4/h2H2,1H3. The highest BCUT2D eigenvalue weighted by Gasteiger charge is 2.18. The van der Waals surface area contributed by atoms with Gasteiger partial charge in [-0.05, 0) is 12.2 Å². The van der Waals surface area contributed by atoms with Crippen molar-refractivity contribution in [3.8, 4) is 0 Å². The molecule has 0 saturated heterocycles. The molecular weight excluding hydrogens is 261 g/mol. The lowest BCUT2D eigenvalue weighted by atomic mass is 10.3. The van der Waals surface area contributed by atoms with Gasteiger partial charge in [0.05, 0.1) is 23.7 Å². The van der Waals surface area contributed by atoms with E-state index in [2.05, 4.69) is 21.9 Å². The minimum absolute atomic E-state index is 0.0735. The van der Waals surface area contributed by atoms with Crippen LogP contribution in [-0.2, 0) is 16.0 Å². The maximum atomic E-state index is 13.2. The van der Waals surface area contributed by atoms with Gasteiger partial charge in [0.15, 0.2) is 0 Å². The number of thiocarbonyl (C=S) groups is 1. The summed E-state index contributed by atoms with van der Waals surface area (Å²) in [7, 11) is 1.25. The largest absolute Gasteiger partial charge is 0.469 e. The summed E-state index contributed by atoms with van der Waals surface area (Å²) in [6, 6.07) is 0. The van der Waals surface area contributed by atoms with E-state index in [1.807, 2.05) is 5.16 Å². The molecule has 0 spiro atoms. The van der Waals surface area contributed by atoms with E-state index in [-0.39, 0.29) is 17.1 Å². The summed E-state index contributed by atoms with van der Waals surface area (Å²) in [5.74, 6) is -0.490. The van der Waals surface area contributed by atoms with Crippen LogP contribution < -0.4 is 0 Å². The minimum Gasteiger partial charge on any atom is -0.469 e. The Morgan fingerprint density at radius 3 is 3.00 bits per heavy atom. The summed E-state index contributed by atoms with van der Waals surface area (Å²) >= 11 is 10.9. The first kappa shape index (κ1) is 12.3. The second kappa shape index (κ2) is 5.32. The monoisotopic (exact) mass is 265 g/mol. The van der Waals surface area contributed by atoms with E-state index < -0.39 is 11.1 Å². The number of rotatable bonds is 3. The Labute approximate surface area is 99.5 Å². The van der Waals surface area contributed by atoms with E-state index in [0.717, 1.165) is 11.3 Å². The topological polar surface area (TPSA) is 38.7 Å². The lowest BCUT2D eigenvalue weighted by Crippen LogP contribution is -2.02. The third-order valence-corrected chi connectivity index (χ3v) is 3.12. The van der Waals surface area contributed by atoms with Gasteiger partial charge in [0.25, 0.3) is 0 Å².